The molecule has 8 heteroatoms. The van der Waals surface area contributed by atoms with E-state index in [9.17, 15) is 18.8 Å². The van der Waals surface area contributed by atoms with Gasteiger partial charge >= 0.3 is 0 Å². The van der Waals surface area contributed by atoms with Gasteiger partial charge in [-0.1, -0.05) is 6.07 Å². The lowest BCUT2D eigenvalue weighted by Gasteiger charge is -2.32. The number of amides is 3. The number of piperidine rings is 1. The van der Waals surface area contributed by atoms with Gasteiger partial charge in [-0.3, -0.25) is 14.4 Å². The average Bonchev–Trinajstić information content (AvgIpc) is 2.90. The van der Waals surface area contributed by atoms with Crippen molar-refractivity contribution < 1.29 is 23.5 Å². The first-order chi connectivity index (χ1) is 17.4. The molecule has 0 aromatic heterocycles. The molecule has 3 aromatic rings. The molecule has 0 aliphatic carbocycles. The summed E-state index contributed by atoms with van der Waals surface area (Å²) < 4.78 is 18.5. The lowest BCUT2D eigenvalue weighted by Crippen LogP contribution is -2.46. The molecule has 1 saturated heterocycles. The molecule has 0 atom stereocenters. The minimum atomic E-state index is -0.420. The van der Waals surface area contributed by atoms with Crippen LogP contribution in [0.15, 0.2) is 72.8 Å². The Morgan fingerprint density at radius 3 is 2.22 bits per heavy atom. The summed E-state index contributed by atoms with van der Waals surface area (Å²) in [5.41, 5.74) is 1.81. The zero-order valence-electron chi connectivity index (χ0n) is 20.0. The Labute approximate surface area is 209 Å². The SMILES string of the molecule is CCOc1ccc(C(=O)N2CCC(NC(=O)c3cccc(NC(=O)c4ccc(F)cc4)c3)CC2)cc1. The Balaban J connectivity index is 1.29. The fraction of sp³-hybridized carbons (Fsp3) is 0.250. The number of benzene rings is 3. The summed E-state index contributed by atoms with van der Waals surface area (Å²) in [6, 6.07) is 18.9. The Kier molecular flexibility index (Phi) is 7.95. The van der Waals surface area contributed by atoms with E-state index in [4.69, 9.17) is 4.74 Å². The number of carbonyl (C=O) groups excluding carboxylic acids is 3. The third kappa shape index (κ3) is 6.27. The monoisotopic (exact) mass is 489 g/mol. The second-order valence-electron chi connectivity index (χ2n) is 8.54. The molecule has 2 N–H and O–H groups in total. The molecule has 36 heavy (non-hydrogen) atoms. The molecule has 3 aromatic carbocycles. The molecule has 0 unspecified atom stereocenters. The first-order valence-corrected chi connectivity index (χ1v) is 11.9. The fourth-order valence-corrected chi connectivity index (χ4v) is 4.08. The normalized spacial score (nSPS) is 13.7. The van der Waals surface area contributed by atoms with E-state index in [2.05, 4.69) is 10.6 Å². The van der Waals surface area contributed by atoms with E-state index in [1.54, 1.807) is 53.4 Å². The summed E-state index contributed by atoms with van der Waals surface area (Å²) >= 11 is 0. The van der Waals surface area contributed by atoms with Crippen molar-refractivity contribution in [1.82, 2.24) is 10.2 Å². The van der Waals surface area contributed by atoms with Crippen molar-refractivity contribution in [2.45, 2.75) is 25.8 Å². The predicted octanol–water partition coefficient (Wildman–Crippen LogP) is 4.51. The number of nitrogens with zero attached hydrogens (tertiary/aromatic N) is 1. The van der Waals surface area contributed by atoms with Crippen LogP contribution in [-0.2, 0) is 0 Å². The van der Waals surface area contributed by atoms with Crippen LogP contribution in [0.1, 0.15) is 50.8 Å². The van der Waals surface area contributed by atoms with E-state index in [0.717, 1.165) is 5.75 Å². The number of anilines is 1. The number of likely N-dealkylation sites (tertiary alicyclic amines) is 1. The number of carbonyl (C=O) groups is 3. The van der Waals surface area contributed by atoms with Gasteiger partial charge in [0.1, 0.15) is 11.6 Å². The second-order valence-corrected chi connectivity index (χ2v) is 8.54. The number of hydrogen-bond acceptors (Lipinski definition) is 4. The van der Waals surface area contributed by atoms with Crippen LogP contribution in [0.3, 0.4) is 0 Å². The zero-order valence-corrected chi connectivity index (χ0v) is 20.0. The van der Waals surface area contributed by atoms with Crippen LogP contribution in [0, 0.1) is 5.82 Å². The number of nitrogens with one attached hydrogen (secondary N) is 2. The molecule has 4 rings (SSSR count). The van der Waals surface area contributed by atoms with Crippen LogP contribution in [-0.4, -0.2) is 48.4 Å². The van der Waals surface area contributed by atoms with E-state index in [1.807, 2.05) is 6.92 Å². The number of ether oxygens (including phenoxy) is 1. The van der Waals surface area contributed by atoms with Crippen LogP contribution < -0.4 is 15.4 Å². The van der Waals surface area contributed by atoms with Crippen LogP contribution in [0.25, 0.3) is 0 Å². The molecule has 0 radical (unpaired) electrons. The number of hydrogen-bond donors (Lipinski definition) is 2. The van der Waals surface area contributed by atoms with Gasteiger partial charge in [0.2, 0.25) is 0 Å². The highest BCUT2D eigenvalue weighted by Gasteiger charge is 2.25. The largest absolute Gasteiger partial charge is 0.494 e. The predicted molar refractivity (Wildman–Crippen MR) is 135 cm³/mol. The van der Waals surface area contributed by atoms with Gasteiger partial charge in [-0.25, -0.2) is 4.39 Å². The molecular formula is C28H28FN3O4. The van der Waals surface area contributed by atoms with Gasteiger partial charge in [0.05, 0.1) is 6.61 Å². The van der Waals surface area contributed by atoms with Crippen LogP contribution >= 0.6 is 0 Å². The average molecular weight is 490 g/mol. The molecule has 1 aliphatic heterocycles. The van der Waals surface area contributed by atoms with Crippen molar-refractivity contribution in [1.29, 1.82) is 0 Å². The highest BCUT2D eigenvalue weighted by atomic mass is 19.1. The van der Waals surface area contributed by atoms with E-state index in [1.165, 1.54) is 24.3 Å². The van der Waals surface area contributed by atoms with Crippen LogP contribution in [0.4, 0.5) is 10.1 Å². The molecular weight excluding hydrogens is 461 g/mol. The maximum absolute atomic E-state index is 13.1. The van der Waals surface area contributed by atoms with Crippen molar-refractivity contribution in [2.24, 2.45) is 0 Å². The van der Waals surface area contributed by atoms with Crippen molar-refractivity contribution in [3.63, 3.8) is 0 Å². The maximum atomic E-state index is 13.1. The van der Waals surface area contributed by atoms with Crippen molar-refractivity contribution in [3.05, 3.63) is 95.3 Å². The topological polar surface area (TPSA) is 87.7 Å². The van der Waals surface area contributed by atoms with Gasteiger partial charge in [-0.15, -0.1) is 0 Å². The standard InChI is InChI=1S/C28H28FN3O4/c1-2-36-25-12-8-20(9-13-25)28(35)32-16-14-23(15-17-32)30-27(34)21-4-3-5-24(18-21)31-26(33)19-6-10-22(29)11-7-19/h3-13,18,23H,2,14-17H2,1H3,(H,30,34)(H,31,33). The Bertz CT molecular complexity index is 1220. The maximum Gasteiger partial charge on any atom is 0.255 e. The van der Waals surface area contributed by atoms with E-state index < -0.39 is 11.7 Å². The summed E-state index contributed by atoms with van der Waals surface area (Å²) in [5.74, 6) is -0.361. The Morgan fingerprint density at radius 1 is 0.889 bits per heavy atom. The van der Waals surface area contributed by atoms with E-state index >= 15 is 0 Å². The molecule has 186 valence electrons. The number of halogens is 1. The first kappa shape index (κ1) is 24.9. The molecule has 0 bridgehead atoms. The van der Waals surface area contributed by atoms with E-state index in [0.29, 0.717) is 54.9 Å². The molecule has 0 spiro atoms. The zero-order chi connectivity index (χ0) is 25.5. The van der Waals surface area contributed by atoms with Gasteiger partial charge in [0.25, 0.3) is 17.7 Å². The van der Waals surface area contributed by atoms with Gasteiger partial charge in [-0.2, -0.15) is 0 Å². The van der Waals surface area contributed by atoms with Crippen LogP contribution in [0.2, 0.25) is 0 Å². The second kappa shape index (κ2) is 11.5. The number of rotatable bonds is 7. The molecule has 1 fully saturated rings. The van der Waals surface area contributed by atoms with Gasteiger partial charge < -0.3 is 20.3 Å². The molecule has 0 saturated carbocycles. The summed E-state index contributed by atoms with van der Waals surface area (Å²) in [6.45, 7) is 3.57. The van der Waals surface area contributed by atoms with Crippen molar-refractivity contribution in [3.8, 4) is 5.75 Å². The van der Waals surface area contributed by atoms with Gasteiger partial charge in [-0.05, 0) is 86.5 Å². The molecule has 3 amide bonds. The summed E-state index contributed by atoms with van der Waals surface area (Å²) in [4.78, 5) is 39.8. The Morgan fingerprint density at radius 2 is 1.56 bits per heavy atom. The summed E-state index contributed by atoms with van der Waals surface area (Å²) in [7, 11) is 0. The van der Waals surface area contributed by atoms with Crippen LogP contribution in [0.5, 0.6) is 5.75 Å². The molecule has 1 aliphatic rings. The van der Waals surface area contributed by atoms with Crippen molar-refractivity contribution >= 4 is 23.4 Å². The minimum Gasteiger partial charge on any atom is -0.494 e. The summed E-state index contributed by atoms with van der Waals surface area (Å²) in [6.07, 6.45) is 1.30. The quantitative estimate of drug-likeness (QED) is 0.511. The summed E-state index contributed by atoms with van der Waals surface area (Å²) in [5, 5.41) is 5.75. The highest BCUT2D eigenvalue weighted by Crippen LogP contribution is 2.18. The minimum absolute atomic E-state index is 0.0348. The lowest BCUT2D eigenvalue weighted by atomic mass is 10.0. The van der Waals surface area contributed by atoms with Gasteiger partial charge in [0.15, 0.2) is 0 Å². The third-order valence-electron chi connectivity index (χ3n) is 6.02. The fourth-order valence-electron chi connectivity index (χ4n) is 4.08. The van der Waals surface area contributed by atoms with E-state index in [-0.39, 0.29) is 17.9 Å². The first-order valence-electron chi connectivity index (χ1n) is 11.9. The highest BCUT2D eigenvalue weighted by molar-refractivity contribution is 6.05. The molecule has 7 nitrogen and oxygen atoms in total. The van der Waals surface area contributed by atoms with Crippen molar-refractivity contribution in [2.75, 3.05) is 25.0 Å². The third-order valence-corrected chi connectivity index (χ3v) is 6.02. The van der Waals surface area contributed by atoms with Gasteiger partial charge in [0, 0.05) is 41.5 Å². The Hall–Kier alpha value is -4.20. The molecule has 1 heterocycles. The lowest BCUT2D eigenvalue weighted by molar-refractivity contribution is 0.0697. The smallest absolute Gasteiger partial charge is 0.255 e.